The third-order valence-electron chi connectivity index (χ3n) is 8.10. The molecular formula is C24H21Cl2N3O3. The van der Waals surface area contributed by atoms with Crippen LogP contribution in [0.5, 0.6) is 11.5 Å². The fraction of sp³-hybridized carbons (Fsp3) is 0.375. The molecule has 1 fully saturated rings. The average Bonchev–Trinajstić information content (AvgIpc) is 3.32. The number of aromatic nitrogens is 2. The summed E-state index contributed by atoms with van der Waals surface area (Å²) >= 11 is 12.5. The topological polar surface area (TPSA) is 73.3 Å². The van der Waals surface area contributed by atoms with Crippen LogP contribution >= 0.6 is 23.2 Å². The summed E-state index contributed by atoms with van der Waals surface area (Å²) in [5.74, 6) is 1.18. The van der Waals surface area contributed by atoms with Crippen LogP contribution in [0, 0.1) is 5.41 Å². The fourth-order valence-electron chi connectivity index (χ4n) is 5.82. The highest BCUT2D eigenvalue weighted by molar-refractivity contribution is 6.35. The average molecular weight is 470 g/mol. The van der Waals surface area contributed by atoms with Crippen molar-refractivity contribution in [3.05, 3.63) is 51.8 Å². The number of hydrogen-bond acceptors (Lipinski definition) is 5. The van der Waals surface area contributed by atoms with Crippen LogP contribution in [0.25, 0.3) is 11.0 Å². The van der Waals surface area contributed by atoms with E-state index in [0.717, 1.165) is 23.3 Å². The summed E-state index contributed by atoms with van der Waals surface area (Å²) in [7, 11) is 0. The number of carbonyl (C=O) groups is 1. The number of amides is 1. The van der Waals surface area contributed by atoms with Gasteiger partial charge in [0.25, 0.3) is 0 Å². The quantitative estimate of drug-likeness (QED) is 0.525. The number of carbonyl (C=O) groups excluding carboxylic acids is 1. The van der Waals surface area contributed by atoms with Gasteiger partial charge in [0.15, 0.2) is 11.5 Å². The Morgan fingerprint density at radius 2 is 1.62 bits per heavy atom. The molecule has 2 bridgehead atoms. The predicted molar refractivity (Wildman–Crippen MR) is 123 cm³/mol. The maximum Gasteiger partial charge on any atom is 0.237 e. The van der Waals surface area contributed by atoms with Crippen LogP contribution < -0.4 is 14.8 Å². The van der Waals surface area contributed by atoms with Gasteiger partial charge in [0.2, 0.25) is 12.7 Å². The maximum atomic E-state index is 14.0. The molecule has 1 saturated carbocycles. The number of benzene rings is 2. The van der Waals surface area contributed by atoms with Gasteiger partial charge in [-0.25, -0.2) is 9.97 Å². The van der Waals surface area contributed by atoms with Gasteiger partial charge in [0, 0.05) is 22.6 Å². The number of ether oxygens (including phenoxy) is 2. The van der Waals surface area contributed by atoms with E-state index in [-0.39, 0.29) is 18.1 Å². The molecule has 2 aliphatic carbocycles. The smallest absolute Gasteiger partial charge is 0.237 e. The van der Waals surface area contributed by atoms with E-state index in [4.69, 9.17) is 42.6 Å². The summed E-state index contributed by atoms with van der Waals surface area (Å²) < 4.78 is 11.0. The van der Waals surface area contributed by atoms with Gasteiger partial charge in [0.05, 0.1) is 38.5 Å². The summed E-state index contributed by atoms with van der Waals surface area (Å²) in [5.41, 5.74) is 1.98. The van der Waals surface area contributed by atoms with Gasteiger partial charge < -0.3 is 14.8 Å². The second-order valence-electron chi connectivity index (χ2n) is 9.56. The minimum atomic E-state index is -0.847. The van der Waals surface area contributed by atoms with Gasteiger partial charge in [-0.3, -0.25) is 4.79 Å². The molecule has 2 unspecified atom stereocenters. The Morgan fingerprint density at radius 1 is 0.969 bits per heavy atom. The van der Waals surface area contributed by atoms with Gasteiger partial charge in [-0.05, 0) is 36.5 Å². The molecule has 8 heteroatoms. The number of nitrogens with zero attached hydrogens (tertiary/aromatic N) is 2. The van der Waals surface area contributed by atoms with Crippen LogP contribution in [0.1, 0.15) is 45.0 Å². The standard InChI is InChI=1S/C24H21Cl2N3O3/c1-22(2)23(3)6-7-24(22,21(30)29-14-8-12(25)4-5-13(14)26)20-19(23)27-15-9-17-18(32-11-31-17)10-16(15)28-20/h4-5,8-10H,6-7,11H2,1-3H3,(H,29,30). The minimum Gasteiger partial charge on any atom is -0.454 e. The molecule has 1 aliphatic heterocycles. The Kier molecular flexibility index (Phi) is 3.93. The highest BCUT2D eigenvalue weighted by Crippen LogP contribution is 2.70. The first-order valence-electron chi connectivity index (χ1n) is 10.6. The number of nitrogens with one attached hydrogen (secondary N) is 1. The summed E-state index contributed by atoms with van der Waals surface area (Å²) in [5, 5.41) is 3.99. The lowest BCUT2D eigenvalue weighted by molar-refractivity contribution is -0.125. The van der Waals surface area contributed by atoms with Crippen molar-refractivity contribution in [2.24, 2.45) is 5.41 Å². The van der Waals surface area contributed by atoms with E-state index in [1.807, 2.05) is 12.1 Å². The van der Waals surface area contributed by atoms with Crippen molar-refractivity contribution >= 4 is 45.8 Å². The zero-order valence-electron chi connectivity index (χ0n) is 17.9. The predicted octanol–water partition coefficient (Wildman–Crippen LogP) is 5.63. The first-order chi connectivity index (χ1) is 15.2. The first-order valence-corrected chi connectivity index (χ1v) is 11.3. The number of halogens is 2. The molecule has 0 radical (unpaired) electrons. The third-order valence-corrected chi connectivity index (χ3v) is 8.66. The number of fused-ring (bicyclic) bond motifs is 7. The fourth-order valence-corrected chi connectivity index (χ4v) is 6.16. The molecule has 164 valence electrons. The Morgan fingerprint density at radius 3 is 2.31 bits per heavy atom. The summed E-state index contributed by atoms with van der Waals surface area (Å²) in [6.45, 7) is 6.65. The normalized spacial score (nSPS) is 26.4. The Hall–Kier alpha value is -2.57. The van der Waals surface area contributed by atoms with E-state index in [1.54, 1.807) is 18.2 Å². The molecular weight excluding hydrogens is 449 g/mol. The minimum absolute atomic E-state index is 0.136. The van der Waals surface area contributed by atoms with Crippen LogP contribution in [-0.2, 0) is 15.6 Å². The van der Waals surface area contributed by atoms with E-state index >= 15 is 0 Å². The second-order valence-corrected chi connectivity index (χ2v) is 10.4. The SMILES string of the molecule is CC12CCC(C(=O)Nc3cc(Cl)ccc3Cl)(c3nc4cc5c(cc4nc31)OCO5)C2(C)C. The molecule has 2 heterocycles. The number of anilines is 1. The van der Waals surface area contributed by atoms with Crippen molar-refractivity contribution < 1.29 is 14.3 Å². The molecule has 3 aliphatic rings. The molecule has 0 saturated heterocycles. The van der Waals surface area contributed by atoms with E-state index in [9.17, 15) is 4.79 Å². The van der Waals surface area contributed by atoms with Crippen molar-refractivity contribution in [1.82, 2.24) is 9.97 Å². The molecule has 2 aromatic carbocycles. The zero-order valence-corrected chi connectivity index (χ0v) is 19.4. The Labute approximate surface area is 195 Å². The molecule has 1 aromatic heterocycles. The van der Waals surface area contributed by atoms with Crippen LogP contribution in [0.4, 0.5) is 5.69 Å². The molecule has 32 heavy (non-hydrogen) atoms. The lowest BCUT2D eigenvalue weighted by Crippen LogP contribution is -2.48. The van der Waals surface area contributed by atoms with Crippen molar-refractivity contribution in [2.45, 2.75) is 44.4 Å². The van der Waals surface area contributed by atoms with Crippen molar-refractivity contribution in [3.63, 3.8) is 0 Å². The van der Waals surface area contributed by atoms with Gasteiger partial charge in [-0.2, -0.15) is 0 Å². The van der Waals surface area contributed by atoms with Crippen LogP contribution in [0.3, 0.4) is 0 Å². The van der Waals surface area contributed by atoms with Crippen LogP contribution in [-0.4, -0.2) is 22.7 Å². The van der Waals surface area contributed by atoms with Crippen molar-refractivity contribution in [2.75, 3.05) is 12.1 Å². The highest BCUT2D eigenvalue weighted by Gasteiger charge is 2.73. The van der Waals surface area contributed by atoms with E-state index in [2.05, 4.69) is 26.1 Å². The maximum absolute atomic E-state index is 14.0. The molecule has 6 rings (SSSR count). The summed E-state index contributed by atoms with van der Waals surface area (Å²) in [6, 6.07) is 8.75. The largest absolute Gasteiger partial charge is 0.454 e. The molecule has 6 nitrogen and oxygen atoms in total. The Bertz CT molecular complexity index is 1340. The highest BCUT2D eigenvalue weighted by atomic mass is 35.5. The zero-order chi connectivity index (χ0) is 22.5. The first kappa shape index (κ1) is 20.1. The number of rotatable bonds is 2. The summed E-state index contributed by atoms with van der Waals surface area (Å²) in [6.07, 6.45) is 1.52. The van der Waals surface area contributed by atoms with Crippen LogP contribution in [0.15, 0.2) is 30.3 Å². The van der Waals surface area contributed by atoms with Gasteiger partial charge >= 0.3 is 0 Å². The van der Waals surface area contributed by atoms with Gasteiger partial charge in [-0.15, -0.1) is 0 Å². The van der Waals surface area contributed by atoms with E-state index < -0.39 is 10.8 Å². The second kappa shape index (κ2) is 6.27. The van der Waals surface area contributed by atoms with Gasteiger partial charge in [-0.1, -0.05) is 44.0 Å². The summed E-state index contributed by atoms with van der Waals surface area (Å²) in [4.78, 5) is 24.0. The van der Waals surface area contributed by atoms with E-state index in [0.29, 0.717) is 39.2 Å². The molecule has 3 aromatic rings. The van der Waals surface area contributed by atoms with Crippen LogP contribution in [0.2, 0.25) is 10.0 Å². The van der Waals surface area contributed by atoms with Gasteiger partial charge in [0.1, 0.15) is 0 Å². The molecule has 1 N–H and O–H groups in total. The molecule has 2 atom stereocenters. The lowest BCUT2D eigenvalue weighted by atomic mass is 9.63. The third kappa shape index (κ3) is 2.29. The number of hydrogen-bond donors (Lipinski definition) is 1. The lowest BCUT2D eigenvalue weighted by Gasteiger charge is -2.39. The molecule has 0 spiro atoms. The monoisotopic (exact) mass is 469 g/mol. The van der Waals surface area contributed by atoms with Crippen molar-refractivity contribution in [3.8, 4) is 11.5 Å². The van der Waals surface area contributed by atoms with E-state index in [1.165, 1.54) is 0 Å². The molecule has 1 amide bonds. The van der Waals surface area contributed by atoms with Crippen molar-refractivity contribution in [1.29, 1.82) is 0 Å². The Balaban J connectivity index is 1.54.